The standard InChI is InChI=1S/C23H27N3/c1-2-19(12-18-5-10-23-22(13-18)14-24-25-23)16-26(11-1)15-17-3-6-20(7-4-17)21-8-9-21/h3-7,10,13-14,19,21H,1-2,8-9,11-12,15-16H2,(H,24,25)/t19-/m1/s1. The topological polar surface area (TPSA) is 31.9 Å². The van der Waals surface area contributed by atoms with E-state index in [9.17, 15) is 0 Å². The first kappa shape index (κ1) is 16.1. The zero-order valence-corrected chi connectivity index (χ0v) is 15.3. The van der Waals surface area contributed by atoms with Crippen molar-refractivity contribution in [3.63, 3.8) is 0 Å². The number of benzene rings is 2. The van der Waals surface area contributed by atoms with Crippen molar-refractivity contribution in [1.29, 1.82) is 0 Å². The van der Waals surface area contributed by atoms with Crippen LogP contribution in [-0.4, -0.2) is 28.2 Å². The minimum Gasteiger partial charge on any atom is -0.299 e. The van der Waals surface area contributed by atoms with Crippen molar-refractivity contribution < 1.29 is 0 Å². The zero-order chi connectivity index (χ0) is 17.3. The predicted octanol–water partition coefficient (Wildman–Crippen LogP) is 4.90. The number of aromatic nitrogens is 2. The molecule has 1 N–H and O–H groups in total. The van der Waals surface area contributed by atoms with Crippen molar-refractivity contribution in [3.8, 4) is 0 Å². The van der Waals surface area contributed by atoms with E-state index < -0.39 is 0 Å². The van der Waals surface area contributed by atoms with Crippen molar-refractivity contribution in [2.45, 2.75) is 44.6 Å². The summed E-state index contributed by atoms with van der Waals surface area (Å²) >= 11 is 0. The molecule has 1 saturated heterocycles. The van der Waals surface area contributed by atoms with Gasteiger partial charge in [0, 0.05) is 18.5 Å². The van der Waals surface area contributed by atoms with E-state index in [0.717, 1.165) is 23.9 Å². The summed E-state index contributed by atoms with van der Waals surface area (Å²) in [6.45, 7) is 3.55. The Morgan fingerprint density at radius 2 is 1.85 bits per heavy atom. The van der Waals surface area contributed by atoms with Gasteiger partial charge in [0.15, 0.2) is 0 Å². The second-order valence-corrected chi connectivity index (χ2v) is 8.25. The van der Waals surface area contributed by atoms with Crippen LogP contribution in [0, 0.1) is 5.92 Å². The van der Waals surface area contributed by atoms with Gasteiger partial charge >= 0.3 is 0 Å². The molecule has 3 aromatic rings. The zero-order valence-electron chi connectivity index (χ0n) is 15.3. The number of nitrogens with one attached hydrogen (secondary N) is 1. The van der Waals surface area contributed by atoms with Crippen molar-refractivity contribution in [3.05, 3.63) is 65.4 Å². The molecule has 3 nitrogen and oxygen atoms in total. The van der Waals surface area contributed by atoms with Gasteiger partial charge in [-0.15, -0.1) is 0 Å². The van der Waals surface area contributed by atoms with E-state index in [0.29, 0.717) is 0 Å². The van der Waals surface area contributed by atoms with Gasteiger partial charge in [0.2, 0.25) is 0 Å². The molecule has 2 heterocycles. The van der Waals surface area contributed by atoms with E-state index in [2.05, 4.69) is 57.6 Å². The number of nitrogens with zero attached hydrogens (tertiary/aromatic N) is 2. The number of aromatic amines is 1. The third-order valence-corrected chi connectivity index (χ3v) is 6.07. The van der Waals surface area contributed by atoms with E-state index in [1.165, 1.54) is 61.7 Å². The minimum atomic E-state index is 0.763. The molecule has 0 amide bonds. The lowest BCUT2D eigenvalue weighted by molar-refractivity contribution is 0.167. The molecule has 2 aromatic carbocycles. The summed E-state index contributed by atoms with van der Waals surface area (Å²) in [6, 6.07) is 16.1. The Morgan fingerprint density at radius 3 is 2.69 bits per heavy atom. The molecule has 3 heteroatoms. The number of hydrogen-bond acceptors (Lipinski definition) is 2. The first-order valence-electron chi connectivity index (χ1n) is 10.1. The molecule has 2 aliphatic rings. The van der Waals surface area contributed by atoms with Crippen LogP contribution >= 0.6 is 0 Å². The minimum absolute atomic E-state index is 0.763. The number of fused-ring (bicyclic) bond motifs is 1. The third-order valence-electron chi connectivity index (χ3n) is 6.07. The van der Waals surface area contributed by atoms with Gasteiger partial charge in [-0.05, 0) is 79.3 Å². The maximum Gasteiger partial charge on any atom is 0.0650 e. The Bertz CT molecular complexity index is 876. The molecule has 1 saturated carbocycles. The fourth-order valence-electron chi connectivity index (χ4n) is 4.48. The smallest absolute Gasteiger partial charge is 0.0650 e. The highest BCUT2D eigenvalue weighted by Crippen LogP contribution is 2.40. The summed E-state index contributed by atoms with van der Waals surface area (Å²) in [5.74, 6) is 1.62. The molecular weight excluding hydrogens is 318 g/mol. The molecule has 0 spiro atoms. The maximum atomic E-state index is 4.14. The highest BCUT2D eigenvalue weighted by atomic mass is 15.1. The van der Waals surface area contributed by atoms with Gasteiger partial charge in [-0.2, -0.15) is 5.10 Å². The molecule has 5 rings (SSSR count). The molecule has 1 aliphatic carbocycles. The van der Waals surface area contributed by atoms with E-state index >= 15 is 0 Å². The predicted molar refractivity (Wildman–Crippen MR) is 106 cm³/mol. The maximum absolute atomic E-state index is 4.14. The molecule has 1 atom stereocenters. The molecule has 0 radical (unpaired) electrons. The van der Waals surface area contributed by atoms with Crippen LogP contribution < -0.4 is 0 Å². The van der Waals surface area contributed by atoms with Gasteiger partial charge in [0.25, 0.3) is 0 Å². The van der Waals surface area contributed by atoms with Crippen LogP contribution in [0.25, 0.3) is 10.9 Å². The van der Waals surface area contributed by atoms with Gasteiger partial charge in [-0.1, -0.05) is 30.3 Å². The Morgan fingerprint density at radius 1 is 1.00 bits per heavy atom. The quantitative estimate of drug-likeness (QED) is 0.713. The molecule has 0 unspecified atom stereocenters. The average molecular weight is 345 g/mol. The summed E-state index contributed by atoms with van der Waals surface area (Å²) < 4.78 is 0. The second kappa shape index (κ2) is 6.88. The van der Waals surface area contributed by atoms with Gasteiger partial charge in [0.05, 0.1) is 11.7 Å². The molecule has 1 aromatic heterocycles. The summed E-state index contributed by atoms with van der Waals surface area (Å²) in [6.07, 6.45) is 8.55. The summed E-state index contributed by atoms with van der Waals surface area (Å²) in [7, 11) is 0. The van der Waals surface area contributed by atoms with Crippen LogP contribution in [0.4, 0.5) is 0 Å². The lowest BCUT2D eigenvalue weighted by Gasteiger charge is -2.33. The Labute approximate surface area is 155 Å². The van der Waals surface area contributed by atoms with Crippen LogP contribution in [-0.2, 0) is 13.0 Å². The van der Waals surface area contributed by atoms with Gasteiger partial charge < -0.3 is 0 Å². The SMILES string of the molecule is c1cc2[nH]ncc2cc1C[C@H]1CCCN(Cc2ccc(C3CC3)cc2)C1. The first-order chi connectivity index (χ1) is 12.8. The fourth-order valence-corrected chi connectivity index (χ4v) is 4.48. The van der Waals surface area contributed by atoms with Gasteiger partial charge in [0.1, 0.15) is 0 Å². The Balaban J connectivity index is 1.21. The van der Waals surface area contributed by atoms with Gasteiger partial charge in [-0.3, -0.25) is 10.00 Å². The van der Waals surface area contributed by atoms with E-state index in [-0.39, 0.29) is 0 Å². The summed E-state index contributed by atoms with van der Waals surface area (Å²) in [5.41, 5.74) is 5.59. The van der Waals surface area contributed by atoms with Crippen molar-refractivity contribution in [1.82, 2.24) is 15.1 Å². The molecular formula is C23H27N3. The fraction of sp³-hybridized carbons (Fsp3) is 0.435. The summed E-state index contributed by atoms with van der Waals surface area (Å²) in [5, 5.41) is 8.40. The number of piperidine rings is 1. The first-order valence-corrected chi connectivity index (χ1v) is 10.1. The normalized spacial score (nSPS) is 21.3. The second-order valence-electron chi connectivity index (χ2n) is 8.25. The van der Waals surface area contributed by atoms with Crippen LogP contribution in [0.2, 0.25) is 0 Å². The lowest BCUT2D eigenvalue weighted by atomic mass is 9.90. The van der Waals surface area contributed by atoms with Crippen molar-refractivity contribution >= 4 is 10.9 Å². The monoisotopic (exact) mass is 345 g/mol. The van der Waals surface area contributed by atoms with Crippen LogP contribution in [0.1, 0.15) is 48.3 Å². The highest BCUT2D eigenvalue weighted by molar-refractivity contribution is 5.78. The molecule has 134 valence electrons. The van der Waals surface area contributed by atoms with E-state index in [1.807, 2.05) is 6.20 Å². The molecule has 26 heavy (non-hydrogen) atoms. The van der Waals surface area contributed by atoms with E-state index in [4.69, 9.17) is 0 Å². The van der Waals surface area contributed by atoms with Crippen LogP contribution in [0.15, 0.2) is 48.7 Å². The van der Waals surface area contributed by atoms with Crippen molar-refractivity contribution in [2.24, 2.45) is 5.92 Å². The third kappa shape index (κ3) is 3.54. The largest absolute Gasteiger partial charge is 0.299 e. The molecule has 1 aliphatic heterocycles. The molecule has 2 fully saturated rings. The van der Waals surface area contributed by atoms with Crippen LogP contribution in [0.3, 0.4) is 0 Å². The van der Waals surface area contributed by atoms with Crippen LogP contribution in [0.5, 0.6) is 0 Å². The lowest BCUT2D eigenvalue weighted by Crippen LogP contribution is -2.35. The Hall–Kier alpha value is -2.13. The van der Waals surface area contributed by atoms with E-state index in [1.54, 1.807) is 5.56 Å². The van der Waals surface area contributed by atoms with Gasteiger partial charge in [-0.25, -0.2) is 0 Å². The highest BCUT2D eigenvalue weighted by Gasteiger charge is 2.23. The molecule has 0 bridgehead atoms. The van der Waals surface area contributed by atoms with Crippen molar-refractivity contribution in [2.75, 3.05) is 13.1 Å². The Kier molecular flexibility index (Phi) is 4.25. The number of H-pyrrole nitrogens is 1. The number of hydrogen-bond donors (Lipinski definition) is 1. The number of rotatable bonds is 5. The average Bonchev–Trinajstić information content (AvgIpc) is 3.40. The number of likely N-dealkylation sites (tertiary alicyclic amines) is 1. The summed E-state index contributed by atoms with van der Waals surface area (Å²) in [4.78, 5) is 2.65.